The van der Waals surface area contributed by atoms with Crippen molar-refractivity contribution in [1.82, 2.24) is 20.2 Å². The molecule has 0 unspecified atom stereocenters. The number of carbonyl (C=O) groups excluding carboxylic acids is 1. The van der Waals surface area contributed by atoms with Crippen molar-refractivity contribution in [2.45, 2.75) is 31.8 Å². The standard InChI is InChI=1S/C21H22F2N4O/c22-15-7-8-17-18(12-15)26-21(25-17)19-6-3-10-27(19)11-9-20(28)24-13-14-4-1-2-5-16(14)23/h1-2,4-5,7-8,12,19H,3,6,9-11,13H2,(H,24,28)(H,25,26)/t19-/m1/s1. The van der Waals surface area contributed by atoms with E-state index in [0.717, 1.165) is 30.7 Å². The third kappa shape index (κ3) is 4.04. The Kier molecular flexibility index (Phi) is 5.34. The van der Waals surface area contributed by atoms with Gasteiger partial charge in [0, 0.05) is 25.1 Å². The number of rotatable bonds is 6. The van der Waals surface area contributed by atoms with E-state index in [1.54, 1.807) is 24.3 Å². The average Bonchev–Trinajstić information content (AvgIpc) is 3.31. The van der Waals surface area contributed by atoms with Crippen LogP contribution in [0, 0.1) is 11.6 Å². The Morgan fingerprint density at radius 3 is 2.96 bits per heavy atom. The second kappa shape index (κ2) is 8.06. The molecular weight excluding hydrogens is 362 g/mol. The number of halogens is 2. The van der Waals surface area contributed by atoms with Gasteiger partial charge in [0.15, 0.2) is 0 Å². The van der Waals surface area contributed by atoms with Crippen LogP contribution in [0.25, 0.3) is 11.0 Å². The highest BCUT2D eigenvalue weighted by Crippen LogP contribution is 2.31. The number of nitrogens with zero attached hydrogens (tertiary/aromatic N) is 2. The van der Waals surface area contributed by atoms with E-state index in [2.05, 4.69) is 20.2 Å². The number of carbonyl (C=O) groups is 1. The Morgan fingerprint density at radius 2 is 2.11 bits per heavy atom. The van der Waals surface area contributed by atoms with E-state index >= 15 is 0 Å². The Morgan fingerprint density at radius 1 is 1.25 bits per heavy atom. The molecule has 4 rings (SSSR count). The first kappa shape index (κ1) is 18.6. The fraction of sp³-hybridized carbons (Fsp3) is 0.333. The lowest BCUT2D eigenvalue weighted by atomic mass is 10.2. The summed E-state index contributed by atoms with van der Waals surface area (Å²) in [6, 6.07) is 11.0. The third-order valence-corrected chi connectivity index (χ3v) is 5.20. The van der Waals surface area contributed by atoms with Gasteiger partial charge >= 0.3 is 0 Å². The van der Waals surface area contributed by atoms with Crippen LogP contribution in [-0.4, -0.2) is 33.9 Å². The molecule has 0 aliphatic carbocycles. The van der Waals surface area contributed by atoms with Crippen LogP contribution in [0.2, 0.25) is 0 Å². The van der Waals surface area contributed by atoms with Crippen molar-refractivity contribution >= 4 is 16.9 Å². The third-order valence-electron chi connectivity index (χ3n) is 5.20. The molecule has 3 aromatic rings. The van der Waals surface area contributed by atoms with E-state index in [9.17, 15) is 13.6 Å². The minimum absolute atomic E-state index is 0.0924. The van der Waals surface area contributed by atoms with Gasteiger partial charge in [0.2, 0.25) is 5.91 Å². The van der Waals surface area contributed by atoms with Gasteiger partial charge in [-0.15, -0.1) is 0 Å². The molecule has 2 aromatic carbocycles. The quantitative estimate of drug-likeness (QED) is 0.682. The van der Waals surface area contributed by atoms with Crippen LogP contribution in [0.15, 0.2) is 42.5 Å². The maximum absolute atomic E-state index is 13.6. The maximum atomic E-state index is 13.6. The zero-order chi connectivity index (χ0) is 19.5. The van der Waals surface area contributed by atoms with Crippen molar-refractivity contribution in [3.8, 4) is 0 Å². The number of fused-ring (bicyclic) bond motifs is 1. The van der Waals surface area contributed by atoms with Gasteiger partial charge in [-0.3, -0.25) is 9.69 Å². The lowest BCUT2D eigenvalue weighted by Gasteiger charge is -2.22. The summed E-state index contributed by atoms with van der Waals surface area (Å²) in [7, 11) is 0. The molecule has 2 N–H and O–H groups in total. The summed E-state index contributed by atoms with van der Waals surface area (Å²) in [4.78, 5) is 22.2. The number of aromatic amines is 1. The zero-order valence-corrected chi connectivity index (χ0v) is 15.4. The highest BCUT2D eigenvalue weighted by Gasteiger charge is 2.28. The number of imidazole rings is 1. The fourth-order valence-corrected chi connectivity index (χ4v) is 3.73. The molecule has 1 atom stereocenters. The van der Waals surface area contributed by atoms with Crippen LogP contribution in [0.4, 0.5) is 8.78 Å². The summed E-state index contributed by atoms with van der Waals surface area (Å²) in [5, 5.41) is 2.78. The number of nitrogens with one attached hydrogen (secondary N) is 2. The van der Waals surface area contributed by atoms with Crippen molar-refractivity contribution < 1.29 is 13.6 Å². The minimum Gasteiger partial charge on any atom is -0.352 e. The van der Waals surface area contributed by atoms with Gasteiger partial charge in [-0.05, 0) is 43.7 Å². The van der Waals surface area contributed by atoms with Gasteiger partial charge in [0.1, 0.15) is 17.5 Å². The number of aromatic nitrogens is 2. The molecule has 1 aliphatic rings. The molecule has 146 valence electrons. The maximum Gasteiger partial charge on any atom is 0.221 e. The predicted octanol–water partition coefficient (Wildman–Crippen LogP) is 3.68. The van der Waals surface area contributed by atoms with Gasteiger partial charge in [-0.25, -0.2) is 13.8 Å². The molecule has 0 saturated carbocycles. The van der Waals surface area contributed by atoms with Gasteiger partial charge in [0.25, 0.3) is 0 Å². The largest absolute Gasteiger partial charge is 0.352 e. The van der Waals surface area contributed by atoms with E-state index in [-0.39, 0.29) is 30.1 Å². The van der Waals surface area contributed by atoms with Crippen LogP contribution in [0.1, 0.15) is 36.7 Å². The molecule has 0 spiro atoms. The van der Waals surface area contributed by atoms with E-state index < -0.39 is 0 Å². The fourth-order valence-electron chi connectivity index (χ4n) is 3.73. The predicted molar refractivity (Wildman–Crippen MR) is 102 cm³/mol. The monoisotopic (exact) mass is 384 g/mol. The van der Waals surface area contributed by atoms with Crippen LogP contribution in [0.3, 0.4) is 0 Å². The second-order valence-corrected chi connectivity index (χ2v) is 7.10. The number of H-pyrrole nitrogens is 1. The van der Waals surface area contributed by atoms with Crippen molar-refractivity contribution in [2.24, 2.45) is 0 Å². The highest BCUT2D eigenvalue weighted by molar-refractivity contribution is 5.76. The summed E-state index contributed by atoms with van der Waals surface area (Å²) in [5.74, 6) is 0.0895. The average molecular weight is 384 g/mol. The van der Waals surface area contributed by atoms with E-state index in [1.807, 2.05) is 0 Å². The van der Waals surface area contributed by atoms with Crippen LogP contribution in [0.5, 0.6) is 0 Å². The first-order valence-electron chi connectivity index (χ1n) is 9.49. The van der Waals surface area contributed by atoms with Gasteiger partial charge < -0.3 is 10.3 Å². The first-order chi connectivity index (χ1) is 13.6. The number of hydrogen-bond acceptors (Lipinski definition) is 3. The SMILES string of the molecule is O=C(CCN1CCC[C@@H]1c1nc2ccc(F)cc2[nH]1)NCc1ccccc1F. The molecule has 5 nitrogen and oxygen atoms in total. The molecule has 1 aromatic heterocycles. The number of amides is 1. The van der Waals surface area contributed by atoms with Crippen molar-refractivity contribution in [3.63, 3.8) is 0 Å². The van der Waals surface area contributed by atoms with Crippen LogP contribution < -0.4 is 5.32 Å². The normalized spacial score (nSPS) is 17.3. The summed E-state index contributed by atoms with van der Waals surface area (Å²) in [6.45, 7) is 1.67. The van der Waals surface area contributed by atoms with Gasteiger partial charge in [-0.1, -0.05) is 18.2 Å². The first-order valence-corrected chi connectivity index (χ1v) is 9.49. The Labute approximate surface area is 161 Å². The van der Waals surface area contributed by atoms with E-state index in [0.29, 0.717) is 24.0 Å². The molecular formula is C21H22F2N4O. The van der Waals surface area contributed by atoms with E-state index in [1.165, 1.54) is 18.2 Å². The number of likely N-dealkylation sites (tertiary alicyclic amines) is 1. The van der Waals surface area contributed by atoms with Crippen molar-refractivity contribution in [1.29, 1.82) is 0 Å². The molecule has 2 heterocycles. The molecule has 1 saturated heterocycles. The zero-order valence-electron chi connectivity index (χ0n) is 15.4. The van der Waals surface area contributed by atoms with Gasteiger partial charge in [0.05, 0.1) is 17.1 Å². The number of benzene rings is 2. The molecule has 7 heteroatoms. The minimum atomic E-state index is -0.316. The van der Waals surface area contributed by atoms with Gasteiger partial charge in [-0.2, -0.15) is 0 Å². The van der Waals surface area contributed by atoms with E-state index in [4.69, 9.17) is 0 Å². The smallest absolute Gasteiger partial charge is 0.221 e. The molecule has 0 radical (unpaired) electrons. The Balaban J connectivity index is 1.34. The lowest BCUT2D eigenvalue weighted by Crippen LogP contribution is -2.31. The second-order valence-electron chi connectivity index (χ2n) is 7.10. The summed E-state index contributed by atoms with van der Waals surface area (Å²) >= 11 is 0. The van der Waals surface area contributed by atoms with Crippen molar-refractivity contribution in [2.75, 3.05) is 13.1 Å². The molecule has 1 fully saturated rings. The Bertz CT molecular complexity index is 987. The van der Waals surface area contributed by atoms with Crippen LogP contribution in [-0.2, 0) is 11.3 Å². The molecule has 0 bridgehead atoms. The molecule has 28 heavy (non-hydrogen) atoms. The Hall–Kier alpha value is -2.80. The summed E-state index contributed by atoms with van der Waals surface area (Å²) in [6.07, 6.45) is 2.30. The summed E-state index contributed by atoms with van der Waals surface area (Å²) in [5.41, 5.74) is 1.90. The summed E-state index contributed by atoms with van der Waals surface area (Å²) < 4.78 is 27.0. The topological polar surface area (TPSA) is 61.0 Å². The highest BCUT2D eigenvalue weighted by atomic mass is 19.1. The molecule has 1 amide bonds. The molecule has 1 aliphatic heterocycles. The van der Waals surface area contributed by atoms with Crippen LogP contribution >= 0.6 is 0 Å². The van der Waals surface area contributed by atoms with Crippen molar-refractivity contribution in [3.05, 3.63) is 65.5 Å². The number of hydrogen-bond donors (Lipinski definition) is 2. The lowest BCUT2D eigenvalue weighted by molar-refractivity contribution is -0.121.